The molecule has 2 N–H and O–H groups in total. The van der Waals surface area contributed by atoms with E-state index in [0.717, 1.165) is 29.7 Å². The molecule has 1 aliphatic rings. The van der Waals surface area contributed by atoms with Gasteiger partial charge < -0.3 is 10.5 Å². The molecule has 1 aromatic carbocycles. The molecule has 0 saturated heterocycles. The lowest BCUT2D eigenvalue weighted by molar-refractivity contribution is 0.200. The van der Waals surface area contributed by atoms with Crippen molar-refractivity contribution in [1.82, 2.24) is 0 Å². The minimum Gasteiger partial charge on any atom is -0.493 e. The van der Waals surface area contributed by atoms with E-state index >= 15 is 0 Å². The zero-order valence-electron chi connectivity index (χ0n) is 9.36. The van der Waals surface area contributed by atoms with E-state index in [9.17, 15) is 0 Å². The quantitative estimate of drug-likeness (QED) is 0.923. The highest BCUT2D eigenvalue weighted by atomic mass is 79.9. The van der Waals surface area contributed by atoms with Crippen LogP contribution in [0, 0.1) is 5.92 Å². The second-order valence-electron chi connectivity index (χ2n) is 4.55. The predicted octanol–water partition coefficient (Wildman–Crippen LogP) is 3.35. The van der Waals surface area contributed by atoms with Gasteiger partial charge in [0.05, 0.1) is 6.61 Å². The first-order valence-corrected chi connectivity index (χ1v) is 6.67. The van der Waals surface area contributed by atoms with Gasteiger partial charge in [0.15, 0.2) is 0 Å². The van der Waals surface area contributed by atoms with E-state index < -0.39 is 0 Å². The van der Waals surface area contributed by atoms with E-state index in [1.54, 1.807) is 0 Å². The Bertz CT molecular complexity index is 317. The number of hydrogen-bond donors (Lipinski definition) is 1. The summed E-state index contributed by atoms with van der Waals surface area (Å²) >= 11 is 3.41. The monoisotopic (exact) mass is 283 g/mol. The standard InChI is InChI=1S/C13H18BrNO/c14-11-3-7-13(8-4-11)16-9-10-1-5-12(15)6-2-10/h3-4,7-8,10,12H,1-2,5-6,9,15H2. The summed E-state index contributed by atoms with van der Waals surface area (Å²) in [5.74, 6) is 1.64. The number of ether oxygens (including phenoxy) is 1. The second-order valence-corrected chi connectivity index (χ2v) is 5.46. The Morgan fingerprint density at radius 3 is 2.38 bits per heavy atom. The lowest BCUT2D eigenvalue weighted by Crippen LogP contribution is -2.28. The third-order valence-electron chi connectivity index (χ3n) is 3.19. The fourth-order valence-electron chi connectivity index (χ4n) is 2.10. The Hall–Kier alpha value is -0.540. The fraction of sp³-hybridized carbons (Fsp3) is 0.538. The lowest BCUT2D eigenvalue weighted by atomic mass is 9.87. The molecule has 16 heavy (non-hydrogen) atoms. The number of hydrogen-bond acceptors (Lipinski definition) is 2. The lowest BCUT2D eigenvalue weighted by Gasteiger charge is -2.25. The van der Waals surface area contributed by atoms with Gasteiger partial charge in [0.1, 0.15) is 5.75 Å². The second kappa shape index (κ2) is 5.69. The zero-order valence-corrected chi connectivity index (χ0v) is 10.9. The van der Waals surface area contributed by atoms with Gasteiger partial charge in [-0.2, -0.15) is 0 Å². The van der Waals surface area contributed by atoms with E-state index in [-0.39, 0.29) is 0 Å². The first-order chi connectivity index (χ1) is 7.74. The molecule has 0 heterocycles. The van der Waals surface area contributed by atoms with Crippen molar-refractivity contribution in [2.24, 2.45) is 11.7 Å². The fourth-order valence-corrected chi connectivity index (χ4v) is 2.36. The van der Waals surface area contributed by atoms with Crippen molar-refractivity contribution in [2.45, 2.75) is 31.7 Å². The van der Waals surface area contributed by atoms with Crippen LogP contribution in [0.25, 0.3) is 0 Å². The van der Waals surface area contributed by atoms with Crippen LogP contribution in [-0.4, -0.2) is 12.6 Å². The Morgan fingerprint density at radius 1 is 1.12 bits per heavy atom. The van der Waals surface area contributed by atoms with Gasteiger partial charge in [-0.15, -0.1) is 0 Å². The normalized spacial score (nSPS) is 25.4. The Kier molecular flexibility index (Phi) is 4.24. The molecule has 1 saturated carbocycles. The molecular weight excluding hydrogens is 266 g/mol. The van der Waals surface area contributed by atoms with Crippen molar-refractivity contribution in [3.05, 3.63) is 28.7 Å². The molecule has 2 rings (SSSR count). The van der Waals surface area contributed by atoms with E-state index in [4.69, 9.17) is 10.5 Å². The van der Waals surface area contributed by atoms with Crippen molar-refractivity contribution >= 4 is 15.9 Å². The van der Waals surface area contributed by atoms with Crippen LogP contribution < -0.4 is 10.5 Å². The van der Waals surface area contributed by atoms with Gasteiger partial charge in [-0.1, -0.05) is 15.9 Å². The molecule has 1 fully saturated rings. The van der Waals surface area contributed by atoms with Gasteiger partial charge in [-0.25, -0.2) is 0 Å². The van der Waals surface area contributed by atoms with Gasteiger partial charge >= 0.3 is 0 Å². The van der Waals surface area contributed by atoms with E-state index in [1.165, 1.54) is 12.8 Å². The summed E-state index contributed by atoms with van der Waals surface area (Å²) in [5.41, 5.74) is 5.87. The van der Waals surface area contributed by atoms with Gasteiger partial charge in [0.2, 0.25) is 0 Å². The Balaban J connectivity index is 1.77. The van der Waals surface area contributed by atoms with Crippen molar-refractivity contribution in [3.8, 4) is 5.75 Å². The average molecular weight is 284 g/mol. The molecule has 0 aliphatic heterocycles. The van der Waals surface area contributed by atoms with Crippen molar-refractivity contribution < 1.29 is 4.74 Å². The molecule has 88 valence electrons. The molecule has 0 atom stereocenters. The van der Waals surface area contributed by atoms with Crippen LogP contribution in [0.15, 0.2) is 28.7 Å². The summed E-state index contributed by atoms with van der Waals surface area (Å²) in [4.78, 5) is 0. The van der Waals surface area contributed by atoms with Gasteiger partial charge in [-0.05, 0) is 55.9 Å². The highest BCUT2D eigenvalue weighted by Gasteiger charge is 2.18. The summed E-state index contributed by atoms with van der Waals surface area (Å²) in [7, 11) is 0. The summed E-state index contributed by atoms with van der Waals surface area (Å²) < 4.78 is 6.86. The van der Waals surface area contributed by atoms with Crippen molar-refractivity contribution in [2.75, 3.05) is 6.61 Å². The summed E-state index contributed by atoms with van der Waals surface area (Å²) in [5, 5.41) is 0. The maximum absolute atomic E-state index is 5.87. The van der Waals surface area contributed by atoms with Gasteiger partial charge in [-0.3, -0.25) is 0 Å². The molecule has 2 nitrogen and oxygen atoms in total. The van der Waals surface area contributed by atoms with Crippen LogP contribution in [0.5, 0.6) is 5.75 Å². The van der Waals surface area contributed by atoms with Crippen LogP contribution in [0.2, 0.25) is 0 Å². The van der Waals surface area contributed by atoms with E-state index in [2.05, 4.69) is 15.9 Å². The predicted molar refractivity (Wildman–Crippen MR) is 69.6 cm³/mol. The van der Waals surface area contributed by atoms with Crippen LogP contribution in [-0.2, 0) is 0 Å². The van der Waals surface area contributed by atoms with E-state index in [0.29, 0.717) is 12.0 Å². The summed E-state index contributed by atoms with van der Waals surface area (Å²) in [6, 6.07) is 8.43. The Morgan fingerprint density at radius 2 is 1.75 bits per heavy atom. The highest BCUT2D eigenvalue weighted by molar-refractivity contribution is 9.10. The zero-order chi connectivity index (χ0) is 11.4. The van der Waals surface area contributed by atoms with Crippen molar-refractivity contribution in [3.63, 3.8) is 0 Å². The number of halogens is 1. The first-order valence-electron chi connectivity index (χ1n) is 5.88. The van der Waals surface area contributed by atoms with Gasteiger partial charge in [0, 0.05) is 10.5 Å². The maximum atomic E-state index is 5.87. The molecule has 0 radical (unpaired) electrons. The van der Waals surface area contributed by atoms with Gasteiger partial charge in [0.25, 0.3) is 0 Å². The molecule has 0 unspecified atom stereocenters. The molecule has 0 amide bonds. The number of benzene rings is 1. The molecule has 3 heteroatoms. The molecular formula is C13H18BrNO. The van der Waals surface area contributed by atoms with E-state index in [1.807, 2.05) is 24.3 Å². The maximum Gasteiger partial charge on any atom is 0.119 e. The third-order valence-corrected chi connectivity index (χ3v) is 3.72. The molecule has 1 aromatic rings. The minimum atomic E-state index is 0.420. The summed E-state index contributed by atoms with van der Waals surface area (Å²) in [6.45, 7) is 0.828. The largest absolute Gasteiger partial charge is 0.493 e. The highest BCUT2D eigenvalue weighted by Crippen LogP contribution is 2.24. The topological polar surface area (TPSA) is 35.2 Å². The van der Waals surface area contributed by atoms with Crippen molar-refractivity contribution in [1.29, 1.82) is 0 Å². The summed E-state index contributed by atoms with van der Waals surface area (Å²) in [6.07, 6.45) is 4.71. The number of rotatable bonds is 3. The minimum absolute atomic E-state index is 0.420. The average Bonchev–Trinajstić information content (AvgIpc) is 2.30. The third kappa shape index (κ3) is 3.49. The smallest absolute Gasteiger partial charge is 0.119 e. The molecule has 0 spiro atoms. The number of nitrogens with two attached hydrogens (primary N) is 1. The Labute approximate surface area is 105 Å². The SMILES string of the molecule is NC1CCC(COc2ccc(Br)cc2)CC1. The molecule has 1 aliphatic carbocycles. The van der Waals surface area contributed by atoms with Crippen LogP contribution >= 0.6 is 15.9 Å². The molecule has 0 bridgehead atoms. The van der Waals surface area contributed by atoms with Crippen LogP contribution in [0.1, 0.15) is 25.7 Å². The molecule has 0 aromatic heterocycles. The van der Waals surface area contributed by atoms with Crippen LogP contribution in [0.4, 0.5) is 0 Å². The van der Waals surface area contributed by atoms with Crippen LogP contribution in [0.3, 0.4) is 0 Å². The first kappa shape index (κ1) is 11.9.